The Balaban J connectivity index is 2.86. The molecule has 0 aromatic rings. The molecule has 78 valence electrons. The molecule has 0 spiro atoms. The number of ether oxygens (including phenoxy) is 1. The van der Waals surface area contributed by atoms with E-state index in [4.69, 9.17) is 10.6 Å². The van der Waals surface area contributed by atoms with Gasteiger partial charge >= 0.3 is 5.97 Å². The van der Waals surface area contributed by atoms with Crippen molar-refractivity contribution in [2.45, 2.75) is 17.8 Å². The van der Waals surface area contributed by atoms with Gasteiger partial charge in [-0.2, -0.15) is 0 Å². The Hall–Kier alpha value is -1.34. The van der Waals surface area contributed by atoms with E-state index in [1.165, 1.54) is 0 Å². The Morgan fingerprint density at radius 1 is 1.71 bits per heavy atom. The third kappa shape index (κ3) is 1.51. The zero-order chi connectivity index (χ0) is 10.8. The Kier molecular flexibility index (Phi) is 2.92. The van der Waals surface area contributed by atoms with Gasteiger partial charge in [-0.3, -0.25) is 0 Å². The number of aliphatic hydroxyl groups excluding tert-OH is 2. The van der Waals surface area contributed by atoms with Crippen molar-refractivity contribution in [3.63, 3.8) is 0 Å². The number of rotatable bonds is 3. The molecule has 0 unspecified atom stereocenters. The Bertz CT molecular complexity index is 289. The van der Waals surface area contributed by atoms with Crippen molar-refractivity contribution >= 4 is 5.97 Å². The minimum Gasteiger partial charge on any atom is -0.455 e. The number of esters is 1. The summed E-state index contributed by atoms with van der Waals surface area (Å²) in [6, 6.07) is 0. The van der Waals surface area contributed by atoms with Gasteiger partial charge in [-0.1, -0.05) is 5.11 Å². The summed E-state index contributed by atoms with van der Waals surface area (Å²) in [5, 5.41) is 30.6. The predicted octanol–water partition coefficient (Wildman–Crippen LogP) is -1.69. The third-order valence-electron chi connectivity index (χ3n) is 2.01. The Labute approximate surface area is 78.3 Å². The number of nitrogens with zero attached hydrogens (tertiary/aromatic N) is 3. The van der Waals surface area contributed by atoms with E-state index in [0.29, 0.717) is 0 Å². The van der Waals surface area contributed by atoms with Crippen molar-refractivity contribution < 1.29 is 24.9 Å². The average molecular weight is 203 g/mol. The smallest absolute Gasteiger partial charge is 0.341 e. The fourth-order valence-corrected chi connectivity index (χ4v) is 1.17. The highest BCUT2D eigenvalue weighted by Crippen LogP contribution is 2.26. The van der Waals surface area contributed by atoms with Gasteiger partial charge < -0.3 is 20.1 Å². The first-order chi connectivity index (χ1) is 6.56. The van der Waals surface area contributed by atoms with E-state index >= 15 is 0 Å². The summed E-state index contributed by atoms with van der Waals surface area (Å²) in [6.07, 6.45) is -2.77. The van der Waals surface area contributed by atoms with Gasteiger partial charge in [0.05, 0.1) is 13.2 Å². The molecule has 3 atom stereocenters. The van der Waals surface area contributed by atoms with E-state index in [2.05, 4.69) is 14.8 Å². The molecule has 0 aliphatic carbocycles. The van der Waals surface area contributed by atoms with E-state index in [0.717, 1.165) is 0 Å². The lowest BCUT2D eigenvalue weighted by Crippen LogP contribution is -2.49. The molecule has 1 saturated heterocycles. The van der Waals surface area contributed by atoms with Crippen LogP contribution in [0.25, 0.3) is 10.4 Å². The molecule has 0 aromatic heterocycles. The van der Waals surface area contributed by atoms with Crippen molar-refractivity contribution in [3.05, 3.63) is 10.4 Å². The lowest BCUT2D eigenvalue weighted by atomic mass is 9.96. The van der Waals surface area contributed by atoms with E-state index in [1.807, 2.05) is 0 Å². The van der Waals surface area contributed by atoms with E-state index in [9.17, 15) is 15.0 Å². The van der Waals surface area contributed by atoms with Gasteiger partial charge in [0, 0.05) is 4.91 Å². The molecule has 1 aliphatic rings. The summed E-state index contributed by atoms with van der Waals surface area (Å²) in [5.41, 5.74) is 5.75. The fourth-order valence-electron chi connectivity index (χ4n) is 1.17. The zero-order valence-corrected chi connectivity index (χ0v) is 7.07. The molecule has 1 fully saturated rings. The van der Waals surface area contributed by atoms with Crippen molar-refractivity contribution in [1.82, 2.24) is 0 Å². The minimum atomic E-state index is -2.25. The number of aliphatic hydroxyl groups is 3. The molecule has 8 nitrogen and oxygen atoms in total. The number of hydrogen-bond donors (Lipinski definition) is 3. The van der Waals surface area contributed by atoms with Crippen LogP contribution >= 0.6 is 0 Å². The maximum absolute atomic E-state index is 11.1. The van der Waals surface area contributed by atoms with Gasteiger partial charge in [-0.25, -0.2) is 4.79 Å². The second kappa shape index (κ2) is 3.81. The average Bonchev–Trinajstić information content (AvgIpc) is 2.40. The molecule has 0 aromatic carbocycles. The summed E-state index contributed by atoms with van der Waals surface area (Å²) >= 11 is 0. The molecule has 0 saturated carbocycles. The molecule has 8 heteroatoms. The molecule has 1 heterocycles. The van der Waals surface area contributed by atoms with E-state index < -0.39 is 36.9 Å². The maximum atomic E-state index is 11.1. The summed E-state index contributed by atoms with van der Waals surface area (Å²) in [4.78, 5) is 13.4. The van der Waals surface area contributed by atoms with Crippen LogP contribution in [0.1, 0.15) is 0 Å². The number of azide groups is 1. The predicted molar refractivity (Wildman–Crippen MR) is 41.9 cm³/mol. The molecule has 0 radical (unpaired) electrons. The largest absolute Gasteiger partial charge is 0.455 e. The van der Waals surface area contributed by atoms with Crippen LogP contribution in [0.4, 0.5) is 0 Å². The molecule has 14 heavy (non-hydrogen) atoms. The highest BCUT2D eigenvalue weighted by molar-refractivity contribution is 5.83. The molecular formula is C6H9N3O5. The number of carbonyl (C=O) groups excluding carboxylic acids is 1. The van der Waals surface area contributed by atoms with Crippen LogP contribution < -0.4 is 0 Å². The topological polar surface area (TPSA) is 136 Å². The highest BCUT2D eigenvalue weighted by Gasteiger charge is 2.55. The van der Waals surface area contributed by atoms with Crippen LogP contribution in [0.5, 0.6) is 0 Å². The first kappa shape index (κ1) is 10.7. The summed E-state index contributed by atoms with van der Waals surface area (Å²) in [7, 11) is 0. The van der Waals surface area contributed by atoms with Crippen molar-refractivity contribution in [2.75, 3.05) is 13.2 Å². The second-order valence-electron chi connectivity index (χ2n) is 2.88. The molecule has 3 N–H and O–H groups in total. The monoisotopic (exact) mass is 203 g/mol. The van der Waals surface area contributed by atoms with Gasteiger partial charge in [0.15, 0.2) is 11.7 Å². The summed E-state index contributed by atoms with van der Waals surface area (Å²) < 4.78 is 4.46. The van der Waals surface area contributed by atoms with Crippen LogP contribution in [0.2, 0.25) is 0 Å². The number of carbonyl (C=O) groups is 1. The van der Waals surface area contributed by atoms with Crippen LogP contribution in [0.3, 0.4) is 0 Å². The number of hydrogen-bond acceptors (Lipinski definition) is 6. The summed E-state index contributed by atoms with van der Waals surface area (Å²) in [5.74, 6) is -1.10. The molecule has 1 aliphatic heterocycles. The normalized spacial score (nSPS) is 36.4. The van der Waals surface area contributed by atoms with Gasteiger partial charge in [0.2, 0.25) is 0 Å². The third-order valence-corrected chi connectivity index (χ3v) is 2.01. The van der Waals surface area contributed by atoms with Gasteiger partial charge in [-0.15, -0.1) is 0 Å². The van der Waals surface area contributed by atoms with Gasteiger partial charge in [-0.05, 0) is 5.53 Å². The van der Waals surface area contributed by atoms with Crippen molar-refractivity contribution in [2.24, 2.45) is 5.11 Å². The molecule has 0 amide bonds. The van der Waals surface area contributed by atoms with Crippen LogP contribution in [0.15, 0.2) is 5.11 Å². The van der Waals surface area contributed by atoms with Crippen LogP contribution in [-0.4, -0.2) is 52.2 Å². The second-order valence-corrected chi connectivity index (χ2v) is 2.88. The van der Waals surface area contributed by atoms with E-state index in [1.54, 1.807) is 0 Å². The molecule has 0 bridgehead atoms. The molecule has 1 rings (SSSR count). The first-order valence-electron chi connectivity index (χ1n) is 3.79. The van der Waals surface area contributed by atoms with E-state index in [-0.39, 0.29) is 0 Å². The zero-order valence-electron chi connectivity index (χ0n) is 7.07. The van der Waals surface area contributed by atoms with Crippen LogP contribution in [0, 0.1) is 0 Å². The summed E-state index contributed by atoms with van der Waals surface area (Å²) in [6.45, 7) is -1.23. The lowest BCUT2D eigenvalue weighted by Gasteiger charge is -2.20. The highest BCUT2D eigenvalue weighted by atomic mass is 16.6. The Morgan fingerprint density at radius 3 is 2.79 bits per heavy atom. The quantitative estimate of drug-likeness (QED) is 0.217. The minimum absolute atomic E-state index is 0.606. The lowest BCUT2D eigenvalue weighted by molar-refractivity contribution is -0.156. The fraction of sp³-hybridized carbons (Fsp3) is 0.833. The SMILES string of the molecule is [N-]=[N+]=NC[C@@]1(O)C(=O)O[C@H](CO)[C@@H]1O. The van der Waals surface area contributed by atoms with Gasteiger partial charge in [0.1, 0.15) is 6.10 Å². The van der Waals surface area contributed by atoms with Crippen LogP contribution in [-0.2, 0) is 9.53 Å². The molecular weight excluding hydrogens is 194 g/mol. The first-order valence-corrected chi connectivity index (χ1v) is 3.79. The Morgan fingerprint density at radius 2 is 2.36 bits per heavy atom. The van der Waals surface area contributed by atoms with Gasteiger partial charge in [0.25, 0.3) is 0 Å². The standard InChI is InChI=1S/C6H9N3O5/c7-9-8-2-6(13)4(11)3(1-10)14-5(6)12/h3-4,10-11,13H,1-2H2/t3-,4+,6+/m1/s1. The number of cyclic esters (lactones) is 1. The van der Waals surface area contributed by atoms with Crippen molar-refractivity contribution in [3.8, 4) is 0 Å². The maximum Gasteiger partial charge on any atom is 0.341 e. The van der Waals surface area contributed by atoms with Crippen molar-refractivity contribution in [1.29, 1.82) is 0 Å².